The highest BCUT2D eigenvalue weighted by molar-refractivity contribution is 5.90. The molecule has 3 saturated heterocycles. The van der Waals surface area contributed by atoms with Crippen molar-refractivity contribution in [2.75, 3.05) is 64.9 Å². The Morgan fingerprint density at radius 2 is 1.90 bits per heavy atom. The van der Waals surface area contributed by atoms with Crippen LogP contribution in [0.3, 0.4) is 0 Å². The Kier molecular flexibility index (Phi) is 6.67. The molecule has 0 bridgehead atoms. The predicted molar refractivity (Wildman–Crippen MR) is 118 cm³/mol. The first-order valence-electron chi connectivity index (χ1n) is 11.4. The number of fused-ring (bicyclic) bond motifs is 1. The van der Waals surface area contributed by atoms with Crippen LogP contribution in [0.2, 0.25) is 0 Å². The zero-order valence-electron chi connectivity index (χ0n) is 18.6. The van der Waals surface area contributed by atoms with Gasteiger partial charge in [-0.2, -0.15) is 0 Å². The summed E-state index contributed by atoms with van der Waals surface area (Å²) in [5, 5.41) is 2.99. The molecule has 1 N–H and O–H groups in total. The highest BCUT2D eigenvalue weighted by Crippen LogP contribution is 2.45. The van der Waals surface area contributed by atoms with E-state index in [0.717, 1.165) is 25.9 Å². The van der Waals surface area contributed by atoms with E-state index in [9.17, 15) is 9.59 Å². The van der Waals surface area contributed by atoms with Gasteiger partial charge >= 0.3 is 6.03 Å². The van der Waals surface area contributed by atoms with E-state index < -0.39 is 5.41 Å². The standard InChI is InChI=1S/C23H34N4O4/c1-3-25-11-8-23(21(28)26-13-15-31-16-14-26)9-12-27(10-7-20(23)25)22(29)24-18-5-4-6-19(17-18)30-2/h4-6,17,20H,3,7-16H2,1-2H3,(H,24,29)/t20-,23-/m0/s1. The Labute approximate surface area is 184 Å². The molecule has 0 saturated carbocycles. The van der Waals surface area contributed by atoms with Crippen molar-refractivity contribution < 1.29 is 19.1 Å². The maximum absolute atomic E-state index is 13.7. The summed E-state index contributed by atoms with van der Waals surface area (Å²) in [4.78, 5) is 33.0. The molecule has 2 atom stereocenters. The second kappa shape index (κ2) is 9.44. The first kappa shape index (κ1) is 21.9. The van der Waals surface area contributed by atoms with Gasteiger partial charge in [0.05, 0.1) is 25.7 Å². The van der Waals surface area contributed by atoms with Gasteiger partial charge in [-0.25, -0.2) is 4.79 Å². The van der Waals surface area contributed by atoms with Crippen LogP contribution in [0.15, 0.2) is 24.3 Å². The highest BCUT2D eigenvalue weighted by atomic mass is 16.5. The number of nitrogens with one attached hydrogen (secondary N) is 1. The molecule has 0 unspecified atom stereocenters. The van der Waals surface area contributed by atoms with Crippen molar-refractivity contribution in [3.63, 3.8) is 0 Å². The summed E-state index contributed by atoms with van der Waals surface area (Å²) in [6.45, 7) is 7.82. The molecular weight excluding hydrogens is 396 g/mol. The van der Waals surface area contributed by atoms with Crippen LogP contribution in [0.4, 0.5) is 10.5 Å². The summed E-state index contributed by atoms with van der Waals surface area (Å²) >= 11 is 0. The molecule has 31 heavy (non-hydrogen) atoms. The molecule has 3 amide bonds. The van der Waals surface area contributed by atoms with Crippen molar-refractivity contribution in [2.24, 2.45) is 5.41 Å². The summed E-state index contributed by atoms with van der Waals surface area (Å²) in [5.41, 5.74) is 0.307. The number of hydrogen-bond acceptors (Lipinski definition) is 5. The van der Waals surface area contributed by atoms with Gasteiger partial charge in [0.15, 0.2) is 0 Å². The van der Waals surface area contributed by atoms with Crippen LogP contribution < -0.4 is 10.1 Å². The van der Waals surface area contributed by atoms with Crippen molar-refractivity contribution in [3.8, 4) is 5.75 Å². The van der Waals surface area contributed by atoms with E-state index in [2.05, 4.69) is 17.1 Å². The molecule has 0 spiro atoms. The van der Waals surface area contributed by atoms with E-state index in [0.29, 0.717) is 57.3 Å². The molecule has 8 nitrogen and oxygen atoms in total. The SMILES string of the molecule is CCN1CC[C@]2(C(=O)N3CCOCC3)CCN(C(=O)Nc3cccc(OC)c3)CC[C@H]12. The first-order chi connectivity index (χ1) is 15.1. The van der Waals surface area contributed by atoms with Crippen LogP contribution in [0, 0.1) is 5.41 Å². The second-order valence-corrected chi connectivity index (χ2v) is 8.64. The predicted octanol–water partition coefficient (Wildman–Crippen LogP) is 2.26. The molecule has 3 heterocycles. The highest BCUT2D eigenvalue weighted by Gasteiger charge is 2.54. The third-order valence-electron chi connectivity index (χ3n) is 7.16. The fraction of sp³-hybridized carbons (Fsp3) is 0.652. The number of carbonyl (C=O) groups excluding carboxylic acids is 2. The molecule has 1 aromatic rings. The van der Waals surface area contributed by atoms with Gasteiger partial charge in [0.1, 0.15) is 5.75 Å². The number of rotatable bonds is 4. The topological polar surface area (TPSA) is 74.4 Å². The van der Waals surface area contributed by atoms with E-state index >= 15 is 0 Å². The molecule has 1 aromatic carbocycles. The van der Waals surface area contributed by atoms with Gasteiger partial charge in [0.2, 0.25) is 5.91 Å². The lowest BCUT2D eigenvalue weighted by Gasteiger charge is -2.40. The average molecular weight is 431 g/mol. The zero-order chi connectivity index (χ0) is 21.8. The van der Waals surface area contributed by atoms with Crippen LogP contribution in [0.25, 0.3) is 0 Å². The van der Waals surface area contributed by atoms with Gasteiger partial charge in [-0.1, -0.05) is 13.0 Å². The van der Waals surface area contributed by atoms with Gasteiger partial charge < -0.3 is 24.6 Å². The van der Waals surface area contributed by atoms with Crippen LogP contribution in [0.5, 0.6) is 5.75 Å². The van der Waals surface area contributed by atoms with Crippen molar-refractivity contribution >= 4 is 17.6 Å². The van der Waals surface area contributed by atoms with E-state index in [1.54, 1.807) is 7.11 Å². The van der Waals surface area contributed by atoms with Gasteiger partial charge in [0.25, 0.3) is 0 Å². The smallest absolute Gasteiger partial charge is 0.321 e. The van der Waals surface area contributed by atoms with Crippen molar-refractivity contribution in [1.29, 1.82) is 0 Å². The lowest BCUT2D eigenvalue weighted by atomic mass is 9.75. The average Bonchev–Trinajstić information content (AvgIpc) is 3.06. The van der Waals surface area contributed by atoms with Crippen LogP contribution in [-0.4, -0.2) is 92.3 Å². The lowest BCUT2D eigenvalue weighted by Crippen LogP contribution is -2.53. The number of amides is 3. The Morgan fingerprint density at radius 3 is 2.65 bits per heavy atom. The third-order valence-corrected chi connectivity index (χ3v) is 7.16. The van der Waals surface area contributed by atoms with Crippen molar-refractivity contribution in [1.82, 2.24) is 14.7 Å². The number of hydrogen-bond donors (Lipinski definition) is 1. The summed E-state index contributed by atoms with van der Waals surface area (Å²) in [6, 6.07) is 7.44. The first-order valence-corrected chi connectivity index (χ1v) is 11.4. The summed E-state index contributed by atoms with van der Waals surface area (Å²) in [7, 11) is 1.61. The summed E-state index contributed by atoms with van der Waals surface area (Å²) < 4.78 is 10.7. The number of anilines is 1. The zero-order valence-corrected chi connectivity index (χ0v) is 18.6. The van der Waals surface area contributed by atoms with Crippen LogP contribution in [0.1, 0.15) is 26.2 Å². The molecule has 0 aliphatic carbocycles. The molecule has 4 rings (SSSR count). The Bertz CT molecular complexity index is 798. The number of nitrogens with zero attached hydrogens (tertiary/aromatic N) is 3. The molecule has 0 aromatic heterocycles. The largest absolute Gasteiger partial charge is 0.497 e. The van der Waals surface area contributed by atoms with E-state index in [4.69, 9.17) is 9.47 Å². The maximum Gasteiger partial charge on any atom is 0.321 e. The minimum absolute atomic E-state index is 0.120. The maximum atomic E-state index is 13.7. The van der Waals surface area contributed by atoms with Crippen molar-refractivity contribution in [3.05, 3.63) is 24.3 Å². The number of morpholine rings is 1. The van der Waals surface area contributed by atoms with Crippen LogP contribution in [-0.2, 0) is 9.53 Å². The minimum atomic E-state index is -0.404. The van der Waals surface area contributed by atoms with E-state index in [1.165, 1.54) is 0 Å². The van der Waals surface area contributed by atoms with Gasteiger partial charge in [-0.3, -0.25) is 9.69 Å². The van der Waals surface area contributed by atoms with Crippen molar-refractivity contribution in [2.45, 2.75) is 32.2 Å². The Balaban J connectivity index is 1.49. The molecular formula is C23H34N4O4. The Morgan fingerprint density at radius 1 is 1.13 bits per heavy atom. The molecule has 3 aliphatic heterocycles. The summed E-state index contributed by atoms with van der Waals surface area (Å²) in [6.07, 6.45) is 2.39. The lowest BCUT2D eigenvalue weighted by molar-refractivity contribution is -0.148. The number of likely N-dealkylation sites (tertiary alicyclic amines) is 2. The number of carbonyl (C=O) groups is 2. The number of urea groups is 1. The van der Waals surface area contributed by atoms with Gasteiger partial charge in [-0.15, -0.1) is 0 Å². The van der Waals surface area contributed by atoms with E-state index in [-0.39, 0.29) is 18.0 Å². The number of methoxy groups -OCH3 is 1. The minimum Gasteiger partial charge on any atom is -0.497 e. The quantitative estimate of drug-likeness (QED) is 0.793. The molecule has 8 heteroatoms. The monoisotopic (exact) mass is 430 g/mol. The number of ether oxygens (including phenoxy) is 2. The normalized spacial score (nSPS) is 26.8. The Hall–Kier alpha value is -2.32. The van der Waals surface area contributed by atoms with Crippen LogP contribution >= 0.6 is 0 Å². The molecule has 0 radical (unpaired) electrons. The summed E-state index contributed by atoms with van der Waals surface area (Å²) in [5.74, 6) is 0.962. The molecule has 3 aliphatic rings. The molecule has 170 valence electrons. The number of benzene rings is 1. The third kappa shape index (κ3) is 4.36. The fourth-order valence-corrected chi connectivity index (χ4v) is 5.41. The molecule has 3 fully saturated rings. The van der Waals surface area contributed by atoms with E-state index in [1.807, 2.05) is 34.1 Å². The van der Waals surface area contributed by atoms with Gasteiger partial charge in [-0.05, 0) is 44.5 Å². The second-order valence-electron chi connectivity index (χ2n) is 8.64. The van der Waals surface area contributed by atoms with Gasteiger partial charge in [0, 0.05) is 44.0 Å². The fourth-order valence-electron chi connectivity index (χ4n) is 5.41.